The predicted octanol–water partition coefficient (Wildman–Crippen LogP) is 2.19. The van der Waals surface area contributed by atoms with Gasteiger partial charge in [-0.3, -0.25) is 4.98 Å². The Morgan fingerprint density at radius 1 is 1.43 bits per heavy atom. The van der Waals surface area contributed by atoms with Gasteiger partial charge in [-0.1, -0.05) is 6.07 Å². The first-order valence-electron chi connectivity index (χ1n) is 6.08. The molecule has 2 rings (SSSR count). The van der Waals surface area contributed by atoms with Crippen LogP contribution in [-0.4, -0.2) is 24.5 Å². The van der Waals surface area contributed by atoms with Crippen molar-refractivity contribution in [2.24, 2.45) is 0 Å². The van der Waals surface area contributed by atoms with E-state index in [2.05, 4.69) is 9.71 Å². The lowest BCUT2D eigenvalue weighted by molar-refractivity contribution is 0.0701. The van der Waals surface area contributed by atoms with Crippen molar-refractivity contribution < 1.29 is 18.3 Å². The Hall–Kier alpha value is -1.77. The molecule has 0 amide bonds. The lowest BCUT2D eigenvalue weighted by atomic mass is 10.2. The fourth-order valence-electron chi connectivity index (χ4n) is 1.78. The van der Waals surface area contributed by atoms with Crippen LogP contribution in [0.2, 0.25) is 0 Å². The molecule has 0 aliphatic heterocycles. The summed E-state index contributed by atoms with van der Waals surface area (Å²) in [5, 5.41) is 8.99. The van der Waals surface area contributed by atoms with Crippen LogP contribution in [-0.2, 0) is 10.0 Å². The lowest BCUT2D eigenvalue weighted by Crippen LogP contribution is -2.26. The van der Waals surface area contributed by atoms with E-state index in [1.807, 2.05) is 0 Å². The molecular weight excluding hydrogens is 312 g/mol. The predicted molar refractivity (Wildman–Crippen MR) is 79.0 cm³/mol. The molecule has 0 aliphatic rings. The van der Waals surface area contributed by atoms with Gasteiger partial charge in [0.25, 0.3) is 10.0 Å². The van der Waals surface area contributed by atoms with Crippen LogP contribution in [0.15, 0.2) is 34.7 Å². The summed E-state index contributed by atoms with van der Waals surface area (Å²) < 4.78 is 27.0. The normalized spacial score (nSPS) is 13.0. The smallest absolute Gasteiger partial charge is 0.346 e. The summed E-state index contributed by atoms with van der Waals surface area (Å²) in [5.74, 6) is -1.13. The minimum Gasteiger partial charge on any atom is -0.477 e. The number of nitrogens with one attached hydrogen (secondary N) is 1. The molecule has 1 atom stereocenters. The maximum Gasteiger partial charge on any atom is 0.346 e. The minimum absolute atomic E-state index is 0.0137. The van der Waals surface area contributed by atoms with E-state index in [9.17, 15) is 13.2 Å². The highest BCUT2D eigenvalue weighted by Crippen LogP contribution is 2.27. The highest BCUT2D eigenvalue weighted by molar-refractivity contribution is 7.91. The van der Waals surface area contributed by atoms with Crippen LogP contribution < -0.4 is 4.72 Å². The SMILES string of the molecule is Cc1cc(S(=O)(=O)N[C@H](C)c2ccccn2)sc1C(=O)O. The van der Waals surface area contributed by atoms with E-state index in [0.717, 1.165) is 11.3 Å². The number of thiophene rings is 1. The first-order valence-corrected chi connectivity index (χ1v) is 8.38. The average Bonchev–Trinajstić information content (AvgIpc) is 2.82. The van der Waals surface area contributed by atoms with Crippen LogP contribution in [0.3, 0.4) is 0 Å². The van der Waals surface area contributed by atoms with Gasteiger partial charge in [0.05, 0.1) is 11.7 Å². The monoisotopic (exact) mass is 326 g/mol. The number of hydrogen-bond donors (Lipinski definition) is 2. The number of nitrogens with zero attached hydrogens (tertiary/aromatic N) is 1. The number of aryl methyl sites for hydroxylation is 1. The molecule has 0 fully saturated rings. The quantitative estimate of drug-likeness (QED) is 0.878. The second-order valence-corrected chi connectivity index (χ2v) is 7.47. The number of carboxylic acid groups (broad SMARTS) is 1. The first kappa shape index (κ1) is 15.6. The van der Waals surface area contributed by atoms with E-state index in [4.69, 9.17) is 5.11 Å². The highest BCUT2D eigenvalue weighted by Gasteiger charge is 2.24. The summed E-state index contributed by atoms with van der Waals surface area (Å²) in [4.78, 5) is 15.1. The van der Waals surface area contributed by atoms with Crippen LogP contribution in [0.1, 0.15) is 33.9 Å². The molecular formula is C13H14N2O4S2. The number of rotatable bonds is 5. The van der Waals surface area contributed by atoms with E-state index >= 15 is 0 Å². The van der Waals surface area contributed by atoms with E-state index in [0.29, 0.717) is 11.3 Å². The molecule has 0 radical (unpaired) electrons. The van der Waals surface area contributed by atoms with E-state index in [1.54, 1.807) is 38.2 Å². The summed E-state index contributed by atoms with van der Waals surface area (Å²) >= 11 is 0.741. The van der Waals surface area contributed by atoms with Gasteiger partial charge < -0.3 is 5.11 Å². The molecule has 0 saturated heterocycles. The van der Waals surface area contributed by atoms with Crippen molar-refractivity contribution in [2.45, 2.75) is 24.1 Å². The Balaban J connectivity index is 2.27. The van der Waals surface area contributed by atoms with Gasteiger partial charge in [-0.2, -0.15) is 0 Å². The van der Waals surface area contributed by atoms with Gasteiger partial charge in [-0.15, -0.1) is 11.3 Å². The zero-order valence-corrected chi connectivity index (χ0v) is 13.0. The number of pyridine rings is 1. The van der Waals surface area contributed by atoms with Gasteiger partial charge >= 0.3 is 5.97 Å². The molecule has 0 aliphatic carbocycles. The second kappa shape index (κ2) is 5.92. The molecule has 112 valence electrons. The molecule has 8 heteroatoms. The summed E-state index contributed by atoms with van der Waals surface area (Å²) in [6.07, 6.45) is 1.58. The van der Waals surface area contributed by atoms with Gasteiger partial charge in [0.2, 0.25) is 0 Å². The number of carboxylic acids is 1. The van der Waals surface area contributed by atoms with Crippen LogP contribution in [0, 0.1) is 6.92 Å². The molecule has 6 nitrogen and oxygen atoms in total. The molecule has 2 heterocycles. The molecule has 0 unspecified atom stereocenters. The lowest BCUT2D eigenvalue weighted by Gasteiger charge is -2.12. The number of hydrogen-bond acceptors (Lipinski definition) is 5. The Labute approximate surface area is 126 Å². The van der Waals surface area contributed by atoms with Crippen molar-refractivity contribution in [2.75, 3.05) is 0 Å². The Kier molecular flexibility index (Phi) is 4.40. The molecule has 21 heavy (non-hydrogen) atoms. The third-order valence-electron chi connectivity index (χ3n) is 2.82. The number of sulfonamides is 1. The number of aromatic carboxylic acids is 1. The van der Waals surface area contributed by atoms with Crippen LogP contribution in [0.4, 0.5) is 0 Å². The van der Waals surface area contributed by atoms with Gasteiger partial charge in [-0.25, -0.2) is 17.9 Å². The van der Waals surface area contributed by atoms with Crippen molar-refractivity contribution in [3.63, 3.8) is 0 Å². The standard InChI is InChI=1S/C13H14N2O4S2/c1-8-7-11(20-12(8)13(16)17)21(18,19)15-9(2)10-5-3-4-6-14-10/h3-7,9,15H,1-2H3,(H,16,17)/t9-/m1/s1. The molecule has 2 aromatic rings. The van der Waals surface area contributed by atoms with Crippen molar-refractivity contribution in [3.05, 3.63) is 46.6 Å². The van der Waals surface area contributed by atoms with Gasteiger partial charge in [0.1, 0.15) is 9.09 Å². The number of aromatic nitrogens is 1. The summed E-state index contributed by atoms with van der Waals surface area (Å²) in [7, 11) is -3.78. The zero-order chi connectivity index (χ0) is 15.6. The van der Waals surface area contributed by atoms with E-state index < -0.39 is 22.0 Å². The van der Waals surface area contributed by atoms with Crippen LogP contribution >= 0.6 is 11.3 Å². The fourth-order valence-corrected chi connectivity index (χ4v) is 4.39. The summed E-state index contributed by atoms with van der Waals surface area (Å²) in [5.41, 5.74) is 1.02. The maximum atomic E-state index is 12.3. The molecule has 2 aromatic heterocycles. The molecule has 0 aromatic carbocycles. The second-order valence-electron chi connectivity index (χ2n) is 4.48. The highest BCUT2D eigenvalue weighted by atomic mass is 32.2. The fraction of sp³-hybridized carbons (Fsp3) is 0.231. The Morgan fingerprint density at radius 2 is 2.14 bits per heavy atom. The molecule has 0 saturated carbocycles. The summed E-state index contributed by atoms with van der Waals surface area (Å²) in [6.45, 7) is 3.25. The molecule has 0 bridgehead atoms. The van der Waals surface area contributed by atoms with Gasteiger partial charge in [-0.05, 0) is 37.6 Å². The van der Waals surface area contributed by atoms with E-state index in [-0.39, 0.29) is 9.09 Å². The number of carbonyl (C=O) groups is 1. The zero-order valence-electron chi connectivity index (χ0n) is 11.4. The molecule has 2 N–H and O–H groups in total. The summed E-state index contributed by atoms with van der Waals surface area (Å²) in [6, 6.07) is 6.08. The van der Waals surface area contributed by atoms with Crippen molar-refractivity contribution in [1.82, 2.24) is 9.71 Å². The largest absolute Gasteiger partial charge is 0.477 e. The van der Waals surface area contributed by atoms with Crippen molar-refractivity contribution in [3.8, 4) is 0 Å². The topological polar surface area (TPSA) is 96.4 Å². The molecule has 0 spiro atoms. The average molecular weight is 326 g/mol. The first-order chi connectivity index (χ1) is 9.81. The third kappa shape index (κ3) is 3.46. The van der Waals surface area contributed by atoms with Gasteiger partial charge in [0, 0.05) is 6.20 Å². The van der Waals surface area contributed by atoms with Gasteiger partial charge in [0.15, 0.2) is 0 Å². The van der Waals surface area contributed by atoms with E-state index in [1.165, 1.54) is 6.07 Å². The van der Waals surface area contributed by atoms with Crippen molar-refractivity contribution in [1.29, 1.82) is 0 Å². The Morgan fingerprint density at radius 3 is 2.67 bits per heavy atom. The minimum atomic E-state index is -3.78. The van der Waals surface area contributed by atoms with Crippen LogP contribution in [0.5, 0.6) is 0 Å². The van der Waals surface area contributed by atoms with Crippen LogP contribution in [0.25, 0.3) is 0 Å². The van der Waals surface area contributed by atoms with Crippen molar-refractivity contribution >= 4 is 27.3 Å². The third-order valence-corrected chi connectivity index (χ3v) is 6.06. The maximum absolute atomic E-state index is 12.3. The Bertz CT molecular complexity index is 754.